The Kier molecular flexibility index (Phi) is 19.9. The number of hydrogen-bond donors (Lipinski definition) is 11. The highest BCUT2D eigenvalue weighted by atomic mass is 32.2. The van der Waals surface area contributed by atoms with Crippen molar-refractivity contribution in [3.63, 3.8) is 0 Å². The van der Waals surface area contributed by atoms with Gasteiger partial charge in [-0.1, -0.05) is 58.9 Å². The van der Waals surface area contributed by atoms with Crippen molar-refractivity contribution in [2.75, 3.05) is 45.1 Å². The number of aliphatic hydroxyl groups excluding tert-OH is 2. The first-order valence-electron chi connectivity index (χ1n) is 23.8. The largest absolute Gasteiger partial charge is 0.396 e. The lowest BCUT2D eigenvalue weighted by Crippen LogP contribution is -2.61. The molecule has 0 aromatic carbocycles. The number of hydrogen-bond acceptors (Lipinski definition) is 14. The molecular formula is C47H65N11O13S. The quantitative estimate of drug-likeness (QED) is 0.0717. The molecule has 0 saturated carbocycles. The molecule has 1 aromatic rings. The zero-order valence-corrected chi connectivity index (χ0v) is 41.6. The predicted octanol–water partition coefficient (Wildman–Crippen LogP) is -3.46. The number of aromatic nitrogens is 1. The van der Waals surface area contributed by atoms with E-state index >= 15 is 0 Å². The van der Waals surface area contributed by atoms with Crippen LogP contribution in [0.1, 0.15) is 63.8 Å². The first-order valence-corrected chi connectivity index (χ1v) is 24.7. The van der Waals surface area contributed by atoms with Gasteiger partial charge in [0.15, 0.2) is 0 Å². The van der Waals surface area contributed by atoms with Crippen molar-refractivity contribution in [1.29, 1.82) is 0 Å². The highest BCUT2D eigenvalue weighted by Crippen LogP contribution is 2.31. The van der Waals surface area contributed by atoms with E-state index in [-0.39, 0.29) is 31.7 Å². The molecule has 25 heteroatoms. The zero-order chi connectivity index (χ0) is 53.0. The van der Waals surface area contributed by atoms with Crippen LogP contribution in [0.4, 0.5) is 0 Å². The zero-order valence-electron chi connectivity index (χ0n) is 40.8. The number of allylic oxidation sites excluding steroid dienone is 2. The Morgan fingerprint density at radius 3 is 2.18 bits per heavy atom. The van der Waals surface area contributed by atoms with Gasteiger partial charge in [-0.3, -0.25) is 57.6 Å². The number of fused-ring (bicyclic) bond motifs is 4. The minimum absolute atomic E-state index is 0.229. The van der Waals surface area contributed by atoms with Crippen LogP contribution in [-0.4, -0.2) is 177 Å². The van der Waals surface area contributed by atoms with Crippen LogP contribution in [0.2, 0.25) is 0 Å². The van der Waals surface area contributed by atoms with E-state index in [4.69, 9.17) is 0 Å². The number of aliphatic hydroxyl groups is 2. The summed E-state index contributed by atoms with van der Waals surface area (Å²) in [6.45, 7) is 9.44. The van der Waals surface area contributed by atoms with Crippen LogP contribution in [0, 0.1) is 24.7 Å². The fourth-order valence-electron chi connectivity index (χ4n) is 8.52. The number of H-pyrrole nitrogens is 1. The maximum absolute atomic E-state index is 14.7. The number of thioether (sulfide) groups is 1. The van der Waals surface area contributed by atoms with Crippen molar-refractivity contribution in [3.8, 4) is 0 Å². The first-order chi connectivity index (χ1) is 34.2. The van der Waals surface area contributed by atoms with E-state index in [9.17, 15) is 63.0 Å². The molecular weight excluding hydrogens is 959 g/mol. The molecule has 1 saturated heterocycles. The van der Waals surface area contributed by atoms with Gasteiger partial charge in [0.25, 0.3) is 11.8 Å². The molecule has 1 aromatic heterocycles. The van der Waals surface area contributed by atoms with Gasteiger partial charge in [-0.25, -0.2) is 0 Å². The molecule has 0 spiro atoms. The van der Waals surface area contributed by atoms with Crippen LogP contribution < -0.4 is 42.5 Å². The van der Waals surface area contributed by atoms with E-state index in [1.165, 1.54) is 6.08 Å². The Bertz CT molecular complexity index is 2350. The highest BCUT2D eigenvalue weighted by Gasteiger charge is 2.45. The number of carbonyl (C=O) groups excluding carboxylic acids is 11. The summed E-state index contributed by atoms with van der Waals surface area (Å²) in [5.41, 5.74) is 1.55. The average molecular weight is 1020 g/mol. The number of nitrogens with zero attached hydrogens (tertiary/aromatic N) is 2. The molecule has 0 radical (unpaired) electrons. The smallest absolute Gasteiger partial charge is 0.253 e. The summed E-state index contributed by atoms with van der Waals surface area (Å²) in [5.74, 6) is -11.4. The normalized spacial score (nSPS) is 26.6. The predicted molar refractivity (Wildman–Crippen MR) is 259 cm³/mol. The lowest BCUT2D eigenvalue weighted by atomic mass is 9.88. The lowest BCUT2D eigenvalue weighted by molar-refractivity contribution is -0.144. The van der Waals surface area contributed by atoms with Gasteiger partial charge in [-0.15, -0.1) is 11.8 Å². The SMILES string of the molecule is C=C/C=C\c1c(C)[nH]c2c1CC1NC(=O)[C@H]([C@@H](C)[C@@H](C)CO)NC(=O)[C@@H]3C[C@@H](O)CN3C(=O)[C@H](CC(=O)NCCN3C(=O)C=CC3=O)NC(=O)C(CS2)NC(=O)CNC(=O)[C@H]([C@@H](C)CC)NC(=O)CNC1=O. The van der Waals surface area contributed by atoms with Gasteiger partial charge >= 0.3 is 0 Å². The molecule has 24 nitrogen and oxygen atoms in total. The second kappa shape index (κ2) is 25.5. The second-order valence-corrected chi connectivity index (χ2v) is 19.3. The number of aromatic amines is 1. The molecule has 4 aliphatic heterocycles. The molecule has 11 amide bonds. The Labute approximate surface area is 420 Å². The topological polar surface area (TPSA) is 347 Å². The lowest BCUT2D eigenvalue weighted by Gasteiger charge is -2.33. The third kappa shape index (κ3) is 14.2. The summed E-state index contributed by atoms with van der Waals surface area (Å²) in [6.07, 6.45) is 4.67. The molecule has 0 aliphatic carbocycles. The van der Waals surface area contributed by atoms with E-state index < -0.39 is 158 Å². The molecule has 5 heterocycles. The number of nitrogens with one attached hydrogen (secondary N) is 9. The molecule has 72 heavy (non-hydrogen) atoms. The van der Waals surface area contributed by atoms with E-state index in [0.29, 0.717) is 28.3 Å². The summed E-state index contributed by atoms with van der Waals surface area (Å²) in [6, 6.07) is -8.99. The summed E-state index contributed by atoms with van der Waals surface area (Å²) < 4.78 is 0. The monoisotopic (exact) mass is 1020 g/mol. The maximum atomic E-state index is 14.7. The van der Waals surface area contributed by atoms with Crippen LogP contribution in [-0.2, 0) is 59.2 Å². The maximum Gasteiger partial charge on any atom is 0.253 e. The summed E-state index contributed by atoms with van der Waals surface area (Å²) in [5, 5.41) is 42.3. The molecule has 11 N–H and O–H groups in total. The molecule has 10 atom stereocenters. The van der Waals surface area contributed by atoms with Crippen molar-refractivity contribution >= 4 is 82.8 Å². The van der Waals surface area contributed by atoms with Gasteiger partial charge in [0.1, 0.15) is 36.3 Å². The minimum Gasteiger partial charge on any atom is -0.396 e. The Morgan fingerprint density at radius 2 is 1.53 bits per heavy atom. The van der Waals surface area contributed by atoms with E-state index in [1.807, 2.05) is 0 Å². The third-order valence-corrected chi connectivity index (χ3v) is 14.3. The summed E-state index contributed by atoms with van der Waals surface area (Å²) >= 11 is 1.01. The van der Waals surface area contributed by atoms with Crippen molar-refractivity contribution < 1.29 is 63.0 Å². The molecule has 4 aliphatic rings. The van der Waals surface area contributed by atoms with Gasteiger partial charge in [0.05, 0.1) is 30.6 Å². The molecule has 1 fully saturated rings. The Morgan fingerprint density at radius 1 is 0.861 bits per heavy atom. The van der Waals surface area contributed by atoms with Crippen molar-refractivity contribution in [1.82, 2.24) is 57.3 Å². The van der Waals surface area contributed by atoms with E-state index in [1.54, 1.807) is 46.8 Å². The number of amides is 11. The molecule has 2 unspecified atom stereocenters. The van der Waals surface area contributed by atoms with Crippen molar-refractivity contribution in [2.24, 2.45) is 17.8 Å². The number of rotatable bonds is 12. The van der Waals surface area contributed by atoms with Gasteiger partial charge < -0.3 is 62.6 Å². The second-order valence-electron chi connectivity index (χ2n) is 18.3. The average Bonchev–Trinajstić information content (AvgIpc) is 4.00. The van der Waals surface area contributed by atoms with Crippen LogP contribution >= 0.6 is 11.8 Å². The fraction of sp³-hybridized carbons (Fsp3) is 0.553. The van der Waals surface area contributed by atoms with Crippen LogP contribution in [0.25, 0.3) is 6.08 Å². The number of imide groups is 1. The summed E-state index contributed by atoms with van der Waals surface area (Å²) in [7, 11) is 0. The standard InChI is InChI=1S/C47H65N11O13S/c1-7-9-10-28-26(6)51-46-29(28)16-30-41(66)49-19-36(63)55-39(23(3)8-2)44(69)50-18-35(62)52-32(22-72-46)42(67)54-31(17-34(61)48-13-14-57-37(64)11-12-38(57)65)47(71)58-20-27(60)15-33(58)43(68)56-40(45(70)53-30)25(5)24(4)21-59/h7,9-12,23-25,27,30-33,39-40,51,59-60H,1,8,13-22H2,2-6H3,(H,48,61)(H,49,66)(H,50,69)(H,52,62)(H,53,70)(H,54,67)(H,55,63)(H,56,68)/b10-9-/t23-,24-,25-,27+,30?,31-,32?,33-,39-,40-/m0/s1. The van der Waals surface area contributed by atoms with Crippen molar-refractivity contribution in [3.05, 3.63) is 47.7 Å². The third-order valence-electron chi connectivity index (χ3n) is 13.2. The van der Waals surface area contributed by atoms with E-state index in [0.717, 1.165) is 33.7 Å². The van der Waals surface area contributed by atoms with Crippen LogP contribution in [0.15, 0.2) is 35.9 Å². The van der Waals surface area contributed by atoms with Crippen molar-refractivity contribution in [2.45, 2.75) is 108 Å². The van der Waals surface area contributed by atoms with E-state index in [2.05, 4.69) is 54.1 Å². The van der Waals surface area contributed by atoms with Crippen LogP contribution in [0.3, 0.4) is 0 Å². The summed E-state index contributed by atoms with van der Waals surface area (Å²) in [4.78, 5) is 157. The molecule has 392 valence electrons. The number of aryl methyl sites for hydroxylation is 1. The Hall–Kier alpha value is -6.86. The van der Waals surface area contributed by atoms with Gasteiger partial charge in [0, 0.05) is 62.7 Å². The van der Waals surface area contributed by atoms with Gasteiger partial charge in [-0.2, -0.15) is 0 Å². The fourth-order valence-corrected chi connectivity index (χ4v) is 9.68. The minimum atomic E-state index is -1.78. The first kappa shape index (κ1) is 56.1. The Balaban J connectivity index is 1.66. The molecule has 2 bridgehead atoms. The van der Waals surface area contributed by atoms with Gasteiger partial charge in [-0.05, 0) is 35.8 Å². The van der Waals surface area contributed by atoms with Gasteiger partial charge in [0.2, 0.25) is 53.2 Å². The van der Waals surface area contributed by atoms with Crippen LogP contribution in [0.5, 0.6) is 0 Å². The molecule has 5 rings (SSSR count). The number of carbonyl (C=O) groups is 11. The highest BCUT2D eigenvalue weighted by molar-refractivity contribution is 7.99.